The van der Waals surface area contributed by atoms with Crippen molar-refractivity contribution in [2.75, 3.05) is 7.11 Å². The van der Waals surface area contributed by atoms with Crippen LogP contribution < -0.4 is 0 Å². The summed E-state index contributed by atoms with van der Waals surface area (Å²) in [5.74, 6) is -0.767. The standard InChI is InChI=1S/C12H10Cl2O3/c1-17-11(16)8-4-2-7(3-5-8)9-6-10(15)12(9,13)14/h2-5,9H,6H2,1H3. The van der Waals surface area contributed by atoms with Crippen LogP contribution in [0.4, 0.5) is 0 Å². The van der Waals surface area contributed by atoms with E-state index in [1.54, 1.807) is 24.3 Å². The number of carbonyl (C=O) groups excluding carboxylic acids is 2. The number of hydrogen-bond acceptors (Lipinski definition) is 3. The lowest BCUT2D eigenvalue weighted by Gasteiger charge is -2.38. The van der Waals surface area contributed by atoms with Crippen molar-refractivity contribution in [3.63, 3.8) is 0 Å². The highest BCUT2D eigenvalue weighted by Gasteiger charge is 2.53. The van der Waals surface area contributed by atoms with Crippen LogP contribution in [0.2, 0.25) is 0 Å². The number of alkyl halides is 2. The third-order valence-corrected chi connectivity index (χ3v) is 3.88. The molecule has 17 heavy (non-hydrogen) atoms. The topological polar surface area (TPSA) is 43.4 Å². The van der Waals surface area contributed by atoms with Gasteiger partial charge in [0.2, 0.25) is 0 Å². The first-order chi connectivity index (χ1) is 7.96. The molecule has 0 radical (unpaired) electrons. The fourth-order valence-corrected chi connectivity index (χ4v) is 2.37. The largest absolute Gasteiger partial charge is 0.465 e. The molecule has 1 aliphatic carbocycles. The molecule has 1 aromatic carbocycles. The monoisotopic (exact) mass is 272 g/mol. The van der Waals surface area contributed by atoms with Gasteiger partial charge in [-0.1, -0.05) is 35.3 Å². The van der Waals surface area contributed by atoms with Gasteiger partial charge < -0.3 is 4.74 Å². The minimum Gasteiger partial charge on any atom is -0.465 e. The molecule has 2 rings (SSSR count). The number of ketones is 1. The van der Waals surface area contributed by atoms with Crippen molar-refractivity contribution in [1.29, 1.82) is 0 Å². The molecule has 0 aromatic heterocycles. The van der Waals surface area contributed by atoms with Gasteiger partial charge >= 0.3 is 5.97 Å². The molecule has 3 nitrogen and oxygen atoms in total. The van der Waals surface area contributed by atoms with Gasteiger partial charge in [-0.15, -0.1) is 0 Å². The Morgan fingerprint density at radius 1 is 1.35 bits per heavy atom. The van der Waals surface area contributed by atoms with Crippen molar-refractivity contribution in [2.45, 2.75) is 16.7 Å². The van der Waals surface area contributed by atoms with E-state index in [0.717, 1.165) is 5.56 Å². The number of ether oxygens (including phenoxy) is 1. The molecule has 0 aliphatic heterocycles. The highest BCUT2D eigenvalue weighted by molar-refractivity contribution is 6.61. The lowest BCUT2D eigenvalue weighted by Crippen LogP contribution is -2.45. The van der Waals surface area contributed by atoms with E-state index in [-0.39, 0.29) is 11.7 Å². The Kier molecular flexibility index (Phi) is 3.15. The van der Waals surface area contributed by atoms with E-state index in [1.165, 1.54) is 7.11 Å². The van der Waals surface area contributed by atoms with Crippen LogP contribution in [0, 0.1) is 0 Å². The molecule has 0 amide bonds. The number of methoxy groups -OCH3 is 1. The summed E-state index contributed by atoms with van der Waals surface area (Å²) in [5, 5.41) is 0. The van der Waals surface area contributed by atoms with Crippen LogP contribution in [0.15, 0.2) is 24.3 Å². The van der Waals surface area contributed by atoms with E-state index in [0.29, 0.717) is 12.0 Å². The summed E-state index contributed by atoms with van der Waals surface area (Å²) in [5.41, 5.74) is 1.30. The molecule has 1 atom stereocenters. The van der Waals surface area contributed by atoms with Crippen LogP contribution in [-0.2, 0) is 9.53 Å². The molecule has 1 fully saturated rings. The van der Waals surface area contributed by atoms with Crippen LogP contribution in [0.5, 0.6) is 0 Å². The molecule has 1 unspecified atom stereocenters. The maximum Gasteiger partial charge on any atom is 0.337 e. The van der Waals surface area contributed by atoms with Gasteiger partial charge in [0.15, 0.2) is 10.1 Å². The summed E-state index contributed by atoms with van der Waals surface area (Å²) in [7, 11) is 1.32. The van der Waals surface area contributed by atoms with Crippen molar-refractivity contribution in [2.24, 2.45) is 0 Å². The smallest absolute Gasteiger partial charge is 0.337 e. The number of halogens is 2. The predicted octanol–water partition coefficient (Wildman–Crippen LogP) is 2.70. The number of benzene rings is 1. The van der Waals surface area contributed by atoms with Crippen molar-refractivity contribution in [3.05, 3.63) is 35.4 Å². The minimum atomic E-state index is -1.33. The zero-order valence-corrected chi connectivity index (χ0v) is 10.6. The third kappa shape index (κ3) is 2.05. The number of esters is 1. The van der Waals surface area contributed by atoms with Gasteiger partial charge in [-0.05, 0) is 17.7 Å². The zero-order chi connectivity index (χ0) is 12.6. The maximum absolute atomic E-state index is 11.2. The Bertz CT molecular complexity index is 465. The van der Waals surface area contributed by atoms with Gasteiger partial charge in [-0.3, -0.25) is 4.79 Å². The van der Waals surface area contributed by atoms with Gasteiger partial charge in [-0.2, -0.15) is 0 Å². The first-order valence-corrected chi connectivity index (χ1v) is 5.82. The van der Waals surface area contributed by atoms with Crippen LogP contribution in [0.1, 0.15) is 28.3 Å². The van der Waals surface area contributed by atoms with Crippen LogP contribution in [0.3, 0.4) is 0 Å². The van der Waals surface area contributed by atoms with Crippen molar-refractivity contribution in [1.82, 2.24) is 0 Å². The molecule has 1 saturated carbocycles. The second-order valence-corrected chi connectivity index (χ2v) is 5.30. The van der Waals surface area contributed by atoms with Crippen molar-refractivity contribution in [3.8, 4) is 0 Å². The van der Waals surface area contributed by atoms with E-state index in [1.807, 2.05) is 0 Å². The van der Waals surface area contributed by atoms with Gasteiger partial charge in [-0.25, -0.2) is 4.79 Å². The van der Waals surface area contributed by atoms with Crippen LogP contribution in [0.25, 0.3) is 0 Å². The van der Waals surface area contributed by atoms with Gasteiger partial charge in [0.05, 0.1) is 12.7 Å². The molecule has 0 spiro atoms. The van der Waals surface area contributed by atoms with Crippen LogP contribution >= 0.6 is 23.2 Å². The van der Waals surface area contributed by atoms with Gasteiger partial charge in [0, 0.05) is 12.3 Å². The molecular weight excluding hydrogens is 263 g/mol. The predicted molar refractivity (Wildman–Crippen MR) is 64.6 cm³/mol. The van der Waals surface area contributed by atoms with Crippen molar-refractivity contribution >= 4 is 35.0 Å². The second-order valence-electron chi connectivity index (χ2n) is 3.92. The first-order valence-electron chi connectivity index (χ1n) is 5.06. The highest BCUT2D eigenvalue weighted by atomic mass is 35.5. The summed E-state index contributed by atoms with van der Waals surface area (Å²) in [6.07, 6.45) is 0.338. The Morgan fingerprint density at radius 2 is 1.94 bits per heavy atom. The maximum atomic E-state index is 11.2. The molecule has 0 heterocycles. The van der Waals surface area contributed by atoms with E-state index >= 15 is 0 Å². The molecular formula is C12H10Cl2O3. The summed E-state index contributed by atoms with van der Waals surface area (Å²) in [6.45, 7) is 0. The number of Topliss-reactive ketones (excluding diaryl/α,β-unsaturated/α-hetero) is 1. The number of carbonyl (C=O) groups is 2. The minimum absolute atomic E-state index is 0.164. The number of rotatable bonds is 2. The lowest BCUT2D eigenvalue weighted by molar-refractivity contribution is -0.125. The summed E-state index contributed by atoms with van der Waals surface area (Å²) >= 11 is 11.8. The Hall–Kier alpha value is -1.06. The summed E-state index contributed by atoms with van der Waals surface area (Å²) in [4.78, 5) is 22.4. The molecule has 0 N–H and O–H groups in total. The molecule has 0 bridgehead atoms. The lowest BCUT2D eigenvalue weighted by atomic mass is 9.77. The van der Waals surface area contributed by atoms with Crippen LogP contribution in [-0.4, -0.2) is 23.2 Å². The Labute approximate surface area is 109 Å². The van der Waals surface area contributed by atoms with E-state index in [9.17, 15) is 9.59 Å². The quantitative estimate of drug-likeness (QED) is 0.614. The molecule has 5 heteroatoms. The average molecular weight is 273 g/mol. The summed E-state index contributed by atoms with van der Waals surface area (Å²) < 4.78 is 3.26. The fourth-order valence-electron chi connectivity index (χ4n) is 1.81. The molecule has 0 saturated heterocycles. The zero-order valence-electron chi connectivity index (χ0n) is 9.07. The SMILES string of the molecule is COC(=O)c1ccc(C2CC(=O)C2(Cl)Cl)cc1. The van der Waals surface area contributed by atoms with Crippen molar-refractivity contribution < 1.29 is 14.3 Å². The average Bonchev–Trinajstić information content (AvgIpc) is 2.35. The summed E-state index contributed by atoms with van der Waals surface area (Å²) in [6, 6.07) is 6.74. The first kappa shape index (κ1) is 12.4. The van der Waals surface area contributed by atoms with Gasteiger partial charge in [0.1, 0.15) is 0 Å². The number of hydrogen-bond donors (Lipinski definition) is 0. The highest BCUT2D eigenvalue weighted by Crippen LogP contribution is 2.50. The van der Waals surface area contributed by atoms with E-state index in [2.05, 4.69) is 4.74 Å². The molecule has 1 aromatic rings. The molecule has 1 aliphatic rings. The molecule has 90 valence electrons. The normalized spacial score (nSPS) is 21.8. The second kappa shape index (κ2) is 4.31. The van der Waals surface area contributed by atoms with E-state index < -0.39 is 10.3 Å². The van der Waals surface area contributed by atoms with E-state index in [4.69, 9.17) is 23.2 Å². The Morgan fingerprint density at radius 3 is 2.35 bits per heavy atom. The Balaban J connectivity index is 2.20. The third-order valence-electron chi connectivity index (χ3n) is 2.93. The fraction of sp³-hybridized carbons (Fsp3) is 0.333. The van der Waals surface area contributed by atoms with Gasteiger partial charge in [0.25, 0.3) is 0 Å².